The number of likely N-dealkylation sites (N-methyl/N-ethyl adjacent to an activating group) is 1. The molecule has 0 saturated carbocycles. The van der Waals surface area contributed by atoms with Crippen molar-refractivity contribution in [2.75, 3.05) is 25.0 Å². The standard InChI is InChI=1S/C16H22N2O/c1-13-6-4-7-15(12-13)18(3)10-9-17-14(2)16-8-5-11-19-16/h4-8,11-12,14,17H,9-10H2,1-3H3. The van der Waals surface area contributed by atoms with Crippen LogP contribution in [-0.2, 0) is 0 Å². The summed E-state index contributed by atoms with van der Waals surface area (Å²) in [5, 5.41) is 3.46. The van der Waals surface area contributed by atoms with Crippen molar-refractivity contribution < 1.29 is 4.42 Å². The molecule has 0 fully saturated rings. The number of anilines is 1. The minimum Gasteiger partial charge on any atom is -0.468 e. The van der Waals surface area contributed by atoms with Crippen LogP contribution in [0.15, 0.2) is 47.1 Å². The Balaban J connectivity index is 1.79. The van der Waals surface area contributed by atoms with Gasteiger partial charge in [-0.1, -0.05) is 12.1 Å². The summed E-state index contributed by atoms with van der Waals surface area (Å²) in [6.07, 6.45) is 1.71. The van der Waals surface area contributed by atoms with Crippen LogP contribution in [-0.4, -0.2) is 20.1 Å². The summed E-state index contributed by atoms with van der Waals surface area (Å²) >= 11 is 0. The maximum Gasteiger partial charge on any atom is 0.120 e. The molecule has 1 aromatic heterocycles. The first-order chi connectivity index (χ1) is 9.16. The van der Waals surface area contributed by atoms with Gasteiger partial charge in [-0.15, -0.1) is 0 Å². The lowest BCUT2D eigenvalue weighted by atomic mass is 10.2. The molecule has 2 aromatic rings. The summed E-state index contributed by atoms with van der Waals surface area (Å²) in [4.78, 5) is 2.26. The van der Waals surface area contributed by atoms with Gasteiger partial charge in [0.15, 0.2) is 0 Å². The Hall–Kier alpha value is -1.74. The molecule has 3 heteroatoms. The van der Waals surface area contributed by atoms with Gasteiger partial charge in [0.2, 0.25) is 0 Å². The number of benzene rings is 1. The summed E-state index contributed by atoms with van der Waals surface area (Å²) in [5.41, 5.74) is 2.55. The van der Waals surface area contributed by atoms with Gasteiger partial charge in [0.1, 0.15) is 5.76 Å². The van der Waals surface area contributed by atoms with Gasteiger partial charge in [0.05, 0.1) is 12.3 Å². The number of hydrogen-bond acceptors (Lipinski definition) is 3. The lowest BCUT2D eigenvalue weighted by Gasteiger charge is -2.21. The molecular weight excluding hydrogens is 236 g/mol. The van der Waals surface area contributed by atoms with E-state index in [1.807, 2.05) is 12.1 Å². The monoisotopic (exact) mass is 258 g/mol. The van der Waals surface area contributed by atoms with Crippen molar-refractivity contribution in [2.45, 2.75) is 19.9 Å². The largest absolute Gasteiger partial charge is 0.468 e. The predicted molar refractivity (Wildman–Crippen MR) is 79.6 cm³/mol. The normalized spacial score (nSPS) is 12.4. The third kappa shape index (κ3) is 3.86. The highest BCUT2D eigenvalue weighted by atomic mass is 16.3. The molecule has 2 rings (SSSR count). The maximum absolute atomic E-state index is 5.38. The quantitative estimate of drug-likeness (QED) is 0.861. The molecule has 3 nitrogen and oxygen atoms in total. The van der Waals surface area contributed by atoms with E-state index in [0.29, 0.717) is 0 Å². The molecule has 1 heterocycles. The van der Waals surface area contributed by atoms with Crippen LogP contribution in [0.25, 0.3) is 0 Å². The fraction of sp³-hybridized carbons (Fsp3) is 0.375. The van der Waals surface area contributed by atoms with E-state index in [-0.39, 0.29) is 6.04 Å². The highest BCUT2D eigenvalue weighted by molar-refractivity contribution is 5.47. The van der Waals surface area contributed by atoms with E-state index in [1.54, 1.807) is 6.26 Å². The van der Waals surface area contributed by atoms with Crippen LogP contribution >= 0.6 is 0 Å². The molecule has 1 N–H and O–H groups in total. The van der Waals surface area contributed by atoms with E-state index in [0.717, 1.165) is 18.8 Å². The molecule has 0 amide bonds. The molecule has 0 radical (unpaired) electrons. The number of furan rings is 1. The molecule has 0 aliphatic carbocycles. The first-order valence-corrected chi connectivity index (χ1v) is 6.71. The van der Waals surface area contributed by atoms with Crippen LogP contribution < -0.4 is 10.2 Å². The minimum absolute atomic E-state index is 0.251. The van der Waals surface area contributed by atoms with Crippen LogP contribution in [0.2, 0.25) is 0 Å². The van der Waals surface area contributed by atoms with Crippen LogP contribution in [0, 0.1) is 6.92 Å². The molecule has 102 valence electrons. The van der Waals surface area contributed by atoms with Crippen molar-refractivity contribution in [1.82, 2.24) is 5.32 Å². The first kappa shape index (κ1) is 13.7. The Labute approximate surface area is 115 Å². The average molecular weight is 258 g/mol. The fourth-order valence-corrected chi connectivity index (χ4v) is 2.08. The van der Waals surface area contributed by atoms with Gasteiger partial charge < -0.3 is 14.6 Å². The lowest BCUT2D eigenvalue weighted by molar-refractivity contribution is 0.433. The smallest absolute Gasteiger partial charge is 0.120 e. The summed E-state index contributed by atoms with van der Waals surface area (Å²) in [7, 11) is 2.12. The van der Waals surface area contributed by atoms with E-state index in [4.69, 9.17) is 4.42 Å². The minimum atomic E-state index is 0.251. The Morgan fingerprint density at radius 2 is 2.11 bits per heavy atom. The molecule has 0 bridgehead atoms. The van der Waals surface area contributed by atoms with Gasteiger partial charge in [-0.3, -0.25) is 0 Å². The van der Waals surface area contributed by atoms with Crippen LogP contribution in [0.5, 0.6) is 0 Å². The van der Waals surface area contributed by atoms with Crippen molar-refractivity contribution >= 4 is 5.69 Å². The van der Waals surface area contributed by atoms with Crippen molar-refractivity contribution in [3.8, 4) is 0 Å². The molecule has 1 unspecified atom stereocenters. The Kier molecular flexibility index (Phi) is 4.63. The van der Waals surface area contributed by atoms with E-state index >= 15 is 0 Å². The SMILES string of the molecule is Cc1cccc(N(C)CCNC(C)c2ccco2)c1. The third-order valence-corrected chi connectivity index (χ3v) is 3.31. The van der Waals surface area contributed by atoms with Gasteiger partial charge in [0.25, 0.3) is 0 Å². The van der Waals surface area contributed by atoms with Crippen molar-refractivity contribution in [3.05, 3.63) is 54.0 Å². The molecule has 1 atom stereocenters. The van der Waals surface area contributed by atoms with E-state index in [9.17, 15) is 0 Å². The Bertz CT molecular complexity index is 493. The van der Waals surface area contributed by atoms with Gasteiger partial charge in [-0.25, -0.2) is 0 Å². The van der Waals surface area contributed by atoms with Crippen molar-refractivity contribution in [2.24, 2.45) is 0 Å². The summed E-state index contributed by atoms with van der Waals surface area (Å²) in [6, 6.07) is 12.7. The molecule has 0 aliphatic heterocycles. The van der Waals surface area contributed by atoms with Crippen LogP contribution in [0.4, 0.5) is 5.69 Å². The zero-order valence-electron chi connectivity index (χ0n) is 11.9. The van der Waals surface area contributed by atoms with E-state index < -0.39 is 0 Å². The summed E-state index contributed by atoms with van der Waals surface area (Å²) in [6.45, 7) is 6.13. The third-order valence-electron chi connectivity index (χ3n) is 3.31. The predicted octanol–water partition coefficient (Wildman–Crippen LogP) is 3.38. The molecule has 0 saturated heterocycles. The number of hydrogen-bond donors (Lipinski definition) is 1. The molecular formula is C16H22N2O. The van der Waals surface area contributed by atoms with Crippen molar-refractivity contribution in [1.29, 1.82) is 0 Å². The molecule has 19 heavy (non-hydrogen) atoms. The first-order valence-electron chi connectivity index (χ1n) is 6.71. The van der Waals surface area contributed by atoms with Crippen LogP contribution in [0.1, 0.15) is 24.3 Å². The van der Waals surface area contributed by atoms with Gasteiger partial charge in [0, 0.05) is 25.8 Å². The van der Waals surface area contributed by atoms with Crippen molar-refractivity contribution in [3.63, 3.8) is 0 Å². The average Bonchev–Trinajstić information content (AvgIpc) is 2.92. The van der Waals surface area contributed by atoms with Crippen LogP contribution in [0.3, 0.4) is 0 Å². The highest BCUT2D eigenvalue weighted by Gasteiger charge is 2.07. The second kappa shape index (κ2) is 6.43. The number of aryl methyl sites for hydroxylation is 1. The second-order valence-electron chi connectivity index (χ2n) is 4.95. The Morgan fingerprint density at radius 1 is 1.26 bits per heavy atom. The molecule has 1 aromatic carbocycles. The second-order valence-corrected chi connectivity index (χ2v) is 4.95. The van der Waals surface area contributed by atoms with Gasteiger partial charge >= 0.3 is 0 Å². The number of rotatable bonds is 6. The van der Waals surface area contributed by atoms with E-state index in [2.05, 4.69) is 55.4 Å². The zero-order chi connectivity index (χ0) is 13.7. The topological polar surface area (TPSA) is 28.4 Å². The number of nitrogens with one attached hydrogen (secondary N) is 1. The maximum atomic E-state index is 5.38. The Morgan fingerprint density at radius 3 is 2.79 bits per heavy atom. The summed E-state index contributed by atoms with van der Waals surface area (Å²) < 4.78 is 5.38. The lowest BCUT2D eigenvalue weighted by Crippen LogP contribution is -2.30. The highest BCUT2D eigenvalue weighted by Crippen LogP contribution is 2.14. The zero-order valence-corrected chi connectivity index (χ0v) is 11.9. The summed E-state index contributed by atoms with van der Waals surface area (Å²) in [5.74, 6) is 0.984. The van der Waals surface area contributed by atoms with Gasteiger partial charge in [-0.2, -0.15) is 0 Å². The molecule has 0 aliphatic rings. The number of nitrogens with zero attached hydrogens (tertiary/aromatic N) is 1. The molecule has 0 spiro atoms. The van der Waals surface area contributed by atoms with Gasteiger partial charge in [-0.05, 0) is 43.7 Å². The fourth-order valence-electron chi connectivity index (χ4n) is 2.08. The van der Waals surface area contributed by atoms with E-state index in [1.165, 1.54) is 11.3 Å².